The summed E-state index contributed by atoms with van der Waals surface area (Å²) in [4.78, 5) is 0. The van der Waals surface area contributed by atoms with Gasteiger partial charge in [0.05, 0.1) is 0 Å². The van der Waals surface area contributed by atoms with Gasteiger partial charge in [0.2, 0.25) is 0 Å². The first-order valence-corrected chi connectivity index (χ1v) is 3.88. The Morgan fingerprint density at radius 1 is 1.55 bits per heavy atom. The number of allylic oxidation sites excluding steroid dienone is 3. The Hall–Kier alpha value is -1.05. The van der Waals surface area contributed by atoms with Gasteiger partial charge in [0.15, 0.2) is 0 Å². The fourth-order valence-electron chi connectivity index (χ4n) is 0.478. The summed E-state index contributed by atoms with van der Waals surface area (Å²) in [6, 6.07) is 0. The molecule has 0 amide bonds. The minimum Gasteiger partial charge on any atom is -0.283 e. The smallest absolute Gasteiger partial charge is 0.0332 e. The molecule has 0 aromatic rings. The van der Waals surface area contributed by atoms with Gasteiger partial charge in [-0.25, -0.2) is 0 Å². The summed E-state index contributed by atoms with van der Waals surface area (Å²) >= 11 is 0. The number of hydrogen-bond donors (Lipinski definition) is 1. The average Bonchev–Trinajstić information content (AvgIpc) is 2.08. The predicted molar refractivity (Wildman–Crippen MR) is 52.6 cm³/mol. The molecule has 0 bridgehead atoms. The molecule has 0 aromatic carbocycles. The van der Waals surface area contributed by atoms with Crippen molar-refractivity contribution in [1.29, 1.82) is 0 Å². The zero-order valence-electron chi connectivity index (χ0n) is 7.72. The summed E-state index contributed by atoms with van der Waals surface area (Å²) in [7, 11) is 0. The van der Waals surface area contributed by atoms with E-state index in [4.69, 9.17) is 0 Å². The van der Waals surface area contributed by atoms with Crippen molar-refractivity contribution < 1.29 is 0 Å². The molecule has 0 aliphatic carbocycles. The van der Waals surface area contributed by atoms with Crippen molar-refractivity contribution in [1.82, 2.24) is 5.43 Å². The van der Waals surface area contributed by atoms with Crippen LogP contribution in [0.1, 0.15) is 27.2 Å². The quantitative estimate of drug-likeness (QED) is 0.376. The monoisotopic (exact) mass is 154 g/mol. The van der Waals surface area contributed by atoms with Gasteiger partial charge < -0.3 is 0 Å². The van der Waals surface area contributed by atoms with Crippen LogP contribution in [0.4, 0.5) is 0 Å². The molecule has 0 aliphatic heterocycles. The number of nitrogens with one attached hydrogen (secondary N) is 1. The molecule has 0 aliphatic rings. The third kappa shape index (κ3) is 8.95. The molecule has 0 radical (unpaired) electrons. The Labute approximate surface area is 69.7 Å². The molecule has 64 valence electrons. The molecule has 2 nitrogen and oxygen atoms in total. The van der Waals surface area contributed by atoms with E-state index in [9.17, 15) is 0 Å². The molecule has 11 heavy (non-hydrogen) atoms. The average molecular weight is 154 g/mol. The van der Waals surface area contributed by atoms with Crippen LogP contribution in [-0.2, 0) is 0 Å². The highest BCUT2D eigenvalue weighted by Gasteiger charge is 1.84. The maximum absolute atomic E-state index is 3.55. The number of hydrogen-bond acceptors (Lipinski definition) is 2. The van der Waals surface area contributed by atoms with E-state index in [0.29, 0.717) is 0 Å². The lowest BCUT2D eigenvalue weighted by Crippen LogP contribution is -2.01. The van der Waals surface area contributed by atoms with E-state index < -0.39 is 0 Å². The van der Waals surface area contributed by atoms with Crippen molar-refractivity contribution in [2.24, 2.45) is 5.10 Å². The summed E-state index contributed by atoms with van der Waals surface area (Å²) in [5.74, 6) is 0. The molecule has 1 N–H and O–H groups in total. The van der Waals surface area contributed by atoms with E-state index in [0.717, 1.165) is 12.1 Å². The molecule has 2 heteroatoms. The fraction of sp³-hybridized carbons (Fsp3) is 0.444. The molecular formula is C9H18N2. The Morgan fingerprint density at radius 2 is 2.09 bits per heavy atom. The predicted octanol–water partition coefficient (Wildman–Crippen LogP) is 2.70. The normalized spacial score (nSPS) is 9.18. The lowest BCUT2D eigenvalue weighted by atomic mass is 10.3. The van der Waals surface area contributed by atoms with Crippen LogP contribution in [0.15, 0.2) is 29.5 Å². The van der Waals surface area contributed by atoms with Gasteiger partial charge in [-0.15, -0.1) is 0 Å². The fourth-order valence-corrected chi connectivity index (χ4v) is 0.478. The van der Waals surface area contributed by atoms with E-state index in [-0.39, 0.29) is 0 Å². The second kappa shape index (κ2) is 11.7. The maximum Gasteiger partial charge on any atom is 0.0332 e. The molecule has 0 spiro atoms. The Kier molecular flexibility index (Phi) is 13.4. The minimum atomic E-state index is 0.922. The largest absolute Gasteiger partial charge is 0.283 e. The number of rotatable bonds is 4. The molecule has 0 saturated heterocycles. The molecule has 0 atom stereocenters. The van der Waals surface area contributed by atoms with Crippen LogP contribution < -0.4 is 5.43 Å². The first kappa shape index (κ1) is 12.6. The van der Waals surface area contributed by atoms with Gasteiger partial charge in [-0.1, -0.05) is 33.4 Å². The van der Waals surface area contributed by atoms with Gasteiger partial charge in [0.25, 0.3) is 0 Å². The molecule has 0 unspecified atom stereocenters. The number of nitrogens with zero attached hydrogens (tertiary/aromatic N) is 1. The van der Waals surface area contributed by atoms with E-state index in [1.807, 2.05) is 26.8 Å². The summed E-state index contributed by atoms with van der Waals surface area (Å²) < 4.78 is 0. The summed E-state index contributed by atoms with van der Waals surface area (Å²) in [5, 5.41) is 3.51. The molecule has 0 fully saturated rings. The first-order valence-electron chi connectivity index (χ1n) is 3.88. The van der Waals surface area contributed by atoms with Crippen molar-refractivity contribution in [3.8, 4) is 0 Å². The zero-order valence-corrected chi connectivity index (χ0v) is 7.72. The van der Waals surface area contributed by atoms with Gasteiger partial charge in [0.1, 0.15) is 0 Å². The van der Waals surface area contributed by atoms with E-state index in [2.05, 4.69) is 23.8 Å². The SMILES string of the molecule is C=C/C=C(\CC)NN=C.CC. The number of hydrazone groups is 1. The Bertz CT molecular complexity index is 126. The zero-order chi connectivity index (χ0) is 9.11. The van der Waals surface area contributed by atoms with Crippen LogP contribution in [0.25, 0.3) is 0 Å². The first-order chi connectivity index (χ1) is 5.35. The highest BCUT2D eigenvalue weighted by atomic mass is 15.3. The van der Waals surface area contributed by atoms with Gasteiger partial charge in [-0.05, 0) is 12.5 Å². The topological polar surface area (TPSA) is 24.4 Å². The van der Waals surface area contributed by atoms with Crippen LogP contribution in [0, 0.1) is 0 Å². The van der Waals surface area contributed by atoms with Gasteiger partial charge in [-0.3, -0.25) is 5.43 Å². The maximum atomic E-state index is 3.55. The molecule has 0 saturated carbocycles. The molecule has 0 rings (SSSR count). The molecule has 0 heterocycles. The summed E-state index contributed by atoms with van der Waals surface area (Å²) in [6.45, 7) is 12.9. The van der Waals surface area contributed by atoms with Crippen molar-refractivity contribution in [3.63, 3.8) is 0 Å². The molecule has 0 aromatic heterocycles. The van der Waals surface area contributed by atoms with Crippen LogP contribution in [0.5, 0.6) is 0 Å². The lowest BCUT2D eigenvalue weighted by molar-refractivity contribution is 0.837. The van der Waals surface area contributed by atoms with E-state index >= 15 is 0 Å². The third-order valence-electron chi connectivity index (χ3n) is 0.923. The van der Waals surface area contributed by atoms with Crippen LogP contribution in [-0.4, -0.2) is 6.72 Å². The lowest BCUT2D eigenvalue weighted by Gasteiger charge is -1.98. The highest BCUT2D eigenvalue weighted by Crippen LogP contribution is 1.93. The minimum absolute atomic E-state index is 0.922. The highest BCUT2D eigenvalue weighted by molar-refractivity contribution is 5.23. The van der Waals surface area contributed by atoms with Gasteiger partial charge in [-0.2, -0.15) is 5.10 Å². The van der Waals surface area contributed by atoms with Crippen LogP contribution in [0.2, 0.25) is 0 Å². The van der Waals surface area contributed by atoms with E-state index in [1.54, 1.807) is 6.08 Å². The van der Waals surface area contributed by atoms with Crippen LogP contribution in [0.3, 0.4) is 0 Å². The summed E-state index contributed by atoms with van der Waals surface area (Å²) in [5.41, 5.74) is 3.76. The van der Waals surface area contributed by atoms with Crippen molar-refractivity contribution >= 4 is 6.72 Å². The van der Waals surface area contributed by atoms with Gasteiger partial charge in [0, 0.05) is 12.4 Å². The van der Waals surface area contributed by atoms with Crippen LogP contribution >= 0.6 is 0 Å². The Balaban J connectivity index is 0. The van der Waals surface area contributed by atoms with Crippen molar-refractivity contribution in [2.75, 3.05) is 0 Å². The van der Waals surface area contributed by atoms with Crippen molar-refractivity contribution in [3.05, 3.63) is 24.4 Å². The van der Waals surface area contributed by atoms with Gasteiger partial charge >= 0.3 is 0 Å². The molecular weight excluding hydrogens is 136 g/mol. The third-order valence-corrected chi connectivity index (χ3v) is 0.923. The second-order valence-electron chi connectivity index (χ2n) is 1.55. The Morgan fingerprint density at radius 3 is 2.36 bits per heavy atom. The van der Waals surface area contributed by atoms with Crippen molar-refractivity contribution in [2.45, 2.75) is 27.2 Å². The second-order valence-corrected chi connectivity index (χ2v) is 1.55. The van der Waals surface area contributed by atoms with E-state index in [1.165, 1.54) is 0 Å². The summed E-state index contributed by atoms with van der Waals surface area (Å²) in [6.07, 6.45) is 4.51. The standard InChI is InChI=1S/C7H12N2.C2H6/c1-4-6-7(5-2)9-8-3;1-2/h4,6,9H,1,3,5H2,2H3;1-2H3/b7-6+;.